The summed E-state index contributed by atoms with van der Waals surface area (Å²) in [6.07, 6.45) is 4.22. The van der Waals surface area contributed by atoms with Gasteiger partial charge in [-0.1, -0.05) is 0 Å². The predicted molar refractivity (Wildman–Crippen MR) is 129 cm³/mol. The van der Waals surface area contributed by atoms with Gasteiger partial charge < -0.3 is 15.5 Å². The summed E-state index contributed by atoms with van der Waals surface area (Å²) in [6.45, 7) is 10.2. The van der Waals surface area contributed by atoms with Crippen molar-refractivity contribution in [2.24, 2.45) is 4.99 Å². The number of hydrogen-bond donors (Lipinski definition) is 2. The van der Waals surface area contributed by atoms with Crippen LogP contribution in [0.2, 0.25) is 0 Å². The number of nitrogens with zero attached hydrogens (tertiary/aromatic N) is 3. The van der Waals surface area contributed by atoms with Gasteiger partial charge in [-0.2, -0.15) is 0 Å². The molecule has 0 atom stereocenters. The van der Waals surface area contributed by atoms with Gasteiger partial charge in [-0.25, -0.2) is 13.4 Å². The summed E-state index contributed by atoms with van der Waals surface area (Å²) >= 11 is 1.75. The van der Waals surface area contributed by atoms with Crippen LogP contribution < -0.4 is 10.6 Å². The number of halogens is 1. The molecule has 2 N–H and O–H groups in total. The lowest BCUT2D eigenvalue weighted by atomic mass is 10.1. The third-order valence-corrected chi connectivity index (χ3v) is 6.72. The number of aliphatic imine (C=N–C) groups is 1. The molecule has 2 heterocycles. The first kappa shape index (κ1) is 25.6. The molecular weight excluding hydrogens is 509 g/mol. The maximum absolute atomic E-state index is 11.3. The normalized spacial score (nSPS) is 16.6. The zero-order valence-corrected chi connectivity index (χ0v) is 21.3. The molecule has 10 heteroatoms. The Balaban J connectivity index is 0.00000392. The lowest BCUT2D eigenvalue weighted by molar-refractivity contribution is 0.216. The van der Waals surface area contributed by atoms with Crippen LogP contribution in [0.15, 0.2) is 4.99 Å². The molecule has 1 aliphatic rings. The zero-order valence-electron chi connectivity index (χ0n) is 17.3. The molecule has 0 bridgehead atoms. The minimum atomic E-state index is -2.89. The smallest absolute Gasteiger partial charge is 0.191 e. The predicted octanol–water partition coefficient (Wildman–Crippen LogP) is 1.98. The van der Waals surface area contributed by atoms with Gasteiger partial charge in [0.2, 0.25) is 0 Å². The molecule has 0 saturated carbocycles. The Morgan fingerprint density at radius 2 is 2.00 bits per heavy atom. The number of aromatic nitrogens is 1. The van der Waals surface area contributed by atoms with E-state index in [0.29, 0.717) is 12.6 Å². The molecule has 1 aromatic heterocycles. The van der Waals surface area contributed by atoms with Crippen molar-refractivity contribution in [3.05, 3.63) is 15.6 Å². The van der Waals surface area contributed by atoms with Gasteiger partial charge in [0, 0.05) is 56.3 Å². The second-order valence-electron chi connectivity index (χ2n) is 7.14. The topological polar surface area (TPSA) is 86.7 Å². The maximum atomic E-state index is 11.3. The number of hydrogen-bond acceptors (Lipinski definition) is 6. The Morgan fingerprint density at radius 1 is 1.32 bits per heavy atom. The van der Waals surface area contributed by atoms with Crippen LogP contribution in [-0.4, -0.2) is 75.0 Å². The van der Waals surface area contributed by atoms with Gasteiger partial charge in [-0.15, -0.1) is 35.3 Å². The summed E-state index contributed by atoms with van der Waals surface area (Å²) in [6, 6.07) is 0.379. The van der Waals surface area contributed by atoms with Crippen molar-refractivity contribution in [2.75, 3.05) is 44.7 Å². The summed E-state index contributed by atoms with van der Waals surface area (Å²) in [5, 5.41) is 7.97. The number of likely N-dealkylation sites (tertiary alicyclic amines) is 1. The molecule has 1 aliphatic heterocycles. The van der Waals surface area contributed by atoms with Crippen molar-refractivity contribution in [1.29, 1.82) is 0 Å². The molecule has 0 aromatic carbocycles. The van der Waals surface area contributed by atoms with Crippen molar-refractivity contribution in [2.45, 2.75) is 46.1 Å². The van der Waals surface area contributed by atoms with E-state index in [1.165, 1.54) is 11.1 Å². The largest absolute Gasteiger partial charge is 0.357 e. The highest BCUT2D eigenvalue weighted by molar-refractivity contribution is 14.0. The molecule has 0 radical (unpaired) electrons. The van der Waals surface area contributed by atoms with Crippen molar-refractivity contribution in [1.82, 2.24) is 20.5 Å². The van der Waals surface area contributed by atoms with Crippen molar-refractivity contribution in [3.8, 4) is 0 Å². The SMILES string of the molecule is CCNC(=NCCc1sc(C)nc1C)NC1CCN(CCS(C)(=O)=O)CC1.I. The standard InChI is InChI=1S/C18H33N5O2S2.HI/c1-5-19-18(20-9-6-17-14(2)21-15(3)26-17)22-16-7-10-23(11-8-16)12-13-27(4,24)25;/h16H,5-13H2,1-4H3,(H2,19,20,22);1H. The second-order valence-corrected chi connectivity index (χ2v) is 10.7. The average molecular weight is 544 g/mol. The highest BCUT2D eigenvalue weighted by Gasteiger charge is 2.20. The van der Waals surface area contributed by atoms with Crippen LogP contribution in [0.3, 0.4) is 0 Å². The molecule has 2 rings (SSSR count). The van der Waals surface area contributed by atoms with Crippen LogP contribution in [-0.2, 0) is 16.3 Å². The second kappa shape index (κ2) is 12.3. The molecule has 0 spiro atoms. The maximum Gasteiger partial charge on any atom is 0.191 e. The molecule has 162 valence electrons. The van der Waals surface area contributed by atoms with E-state index in [4.69, 9.17) is 4.99 Å². The van der Waals surface area contributed by atoms with E-state index in [1.807, 2.05) is 6.92 Å². The minimum Gasteiger partial charge on any atom is -0.357 e. The highest BCUT2D eigenvalue weighted by atomic mass is 127. The summed E-state index contributed by atoms with van der Waals surface area (Å²) in [5.41, 5.74) is 1.12. The van der Waals surface area contributed by atoms with Crippen molar-refractivity contribution < 1.29 is 8.42 Å². The first-order valence-electron chi connectivity index (χ1n) is 9.64. The Bertz CT molecular complexity index is 728. The summed E-state index contributed by atoms with van der Waals surface area (Å²) < 4.78 is 22.6. The van der Waals surface area contributed by atoms with E-state index in [1.54, 1.807) is 11.3 Å². The van der Waals surface area contributed by atoms with E-state index < -0.39 is 9.84 Å². The fourth-order valence-corrected chi connectivity index (χ4v) is 4.70. The zero-order chi connectivity index (χ0) is 19.9. The first-order valence-corrected chi connectivity index (χ1v) is 12.5. The molecular formula is C18H34IN5O2S2. The highest BCUT2D eigenvalue weighted by Crippen LogP contribution is 2.17. The third kappa shape index (κ3) is 9.36. The van der Waals surface area contributed by atoms with Gasteiger partial charge in [-0.3, -0.25) is 4.99 Å². The number of nitrogens with one attached hydrogen (secondary N) is 2. The molecule has 1 aromatic rings. The number of rotatable bonds is 8. The Labute approximate surface area is 190 Å². The number of thiazole rings is 1. The molecule has 1 saturated heterocycles. The van der Waals surface area contributed by atoms with E-state index in [-0.39, 0.29) is 29.7 Å². The lowest BCUT2D eigenvalue weighted by Crippen LogP contribution is -2.49. The van der Waals surface area contributed by atoms with Gasteiger partial charge in [0.25, 0.3) is 0 Å². The fraction of sp³-hybridized carbons (Fsp3) is 0.778. The molecule has 1 fully saturated rings. The fourth-order valence-electron chi connectivity index (χ4n) is 3.18. The Morgan fingerprint density at radius 3 is 2.54 bits per heavy atom. The Hall–Kier alpha value is -0.460. The van der Waals surface area contributed by atoms with Crippen LogP contribution >= 0.6 is 35.3 Å². The van der Waals surface area contributed by atoms with Crippen LogP contribution in [0.5, 0.6) is 0 Å². The van der Waals surface area contributed by atoms with E-state index in [0.717, 1.165) is 62.1 Å². The monoisotopic (exact) mass is 543 g/mol. The summed E-state index contributed by atoms with van der Waals surface area (Å²) in [4.78, 5) is 12.7. The molecule has 28 heavy (non-hydrogen) atoms. The Kier molecular flexibility index (Phi) is 11.2. The average Bonchev–Trinajstić information content (AvgIpc) is 2.91. The summed E-state index contributed by atoms with van der Waals surface area (Å²) in [5.74, 6) is 1.11. The number of sulfone groups is 1. The molecule has 0 unspecified atom stereocenters. The lowest BCUT2D eigenvalue weighted by Gasteiger charge is -2.32. The van der Waals surface area contributed by atoms with Crippen molar-refractivity contribution in [3.63, 3.8) is 0 Å². The molecule has 0 aliphatic carbocycles. The minimum absolute atomic E-state index is 0. The summed E-state index contributed by atoms with van der Waals surface area (Å²) in [7, 11) is -2.89. The van der Waals surface area contributed by atoms with Gasteiger partial charge in [-0.05, 0) is 33.6 Å². The van der Waals surface area contributed by atoms with E-state index >= 15 is 0 Å². The van der Waals surface area contributed by atoms with E-state index in [2.05, 4.69) is 34.4 Å². The van der Waals surface area contributed by atoms with Gasteiger partial charge >= 0.3 is 0 Å². The third-order valence-electron chi connectivity index (χ3n) is 4.66. The molecule has 7 nitrogen and oxygen atoms in total. The first-order chi connectivity index (χ1) is 12.8. The van der Waals surface area contributed by atoms with E-state index in [9.17, 15) is 8.42 Å². The number of guanidine groups is 1. The molecule has 0 amide bonds. The number of aryl methyl sites for hydroxylation is 2. The van der Waals surface area contributed by atoms with Gasteiger partial charge in [0.1, 0.15) is 9.84 Å². The van der Waals surface area contributed by atoms with Crippen LogP contribution in [0.4, 0.5) is 0 Å². The van der Waals surface area contributed by atoms with Crippen LogP contribution in [0.25, 0.3) is 0 Å². The van der Waals surface area contributed by atoms with Crippen molar-refractivity contribution >= 4 is 51.1 Å². The van der Waals surface area contributed by atoms with Gasteiger partial charge in [0.15, 0.2) is 5.96 Å². The quantitative estimate of drug-likeness (QED) is 0.297. The van der Waals surface area contributed by atoms with Crippen LogP contribution in [0, 0.1) is 13.8 Å². The van der Waals surface area contributed by atoms with Gasteiger partial charge in [0.05, 0.1) is 16.5 Å². The number of piperidine rings is 1. The van der Waals surface area contributed by atoms with Crippen LogP contribution in [0.1, 0.15) is 35.3 Å².